The van der Waals surface area contributed by atoms with Gasteiger partial charge < -0.3 is 0 Å². The van der Waals surface area contributed by atoms with Gasteiger partial charge in [-0.25, -0.2) is 17.9 Å². The molecular formula is C13H11FN4O3S. The van der Waals surface area contributed by atoms with Crippen molar-refractivity contribution in [3.63, 3.8) is 0 Å². The van der Waals surface area contributed by atoms with Gasteiger partial charge >= 0.3 is 0 Å². The molecule has 22 heavy (non-hydrogen) atoms. The lowest BCUT2D eigenvalue weighted by Gasteiger charge is -2.07. The van der Waals surface area contributed by atoms with Crippen molar-refractivity contribution in [1.82, 2.24) is 14.6 Å². The number of benzene rings is 1. The number of nitrogens with zero attached hydrogens (tertiary/aromatic N) is 2. The lowest BCUT2D eigenvalue weighted by molar-refractivity contribution is 0.601. The number of hydrogen-bond donors (Lipinski definition) is 2. The van der Waals surface area contributed by atoms with Crippen LogP contribution in [0, 0.1) is 12.7 Å². The zero-order valence-corrected chi connectivity index (χ0v) is 12.2. The third-order valence-electron chi connectivity index (χ3n) is 3.12. The maximum atomic E-state index is 13.2. The van der Waals surface area contributed by atoms with Gasteiger partial charge in [0.05, 0.1) is 0 Å². The van der Waals surface area contributed by atoms with Crippen LogP contribution in [0.5, 0.6) is 0 Å². The van der Waals surface area contributed by atoms with Crippen molar-refractivity contribution in [3.05, 3.63) is 58.5 Å². The minimum atomic E-state index is -3.90. The fourth-order valence-electron chi connectivity index (χ4n) is 2.01. The molecule has 0 saturated heterocycles. The Labute approximate surface area is 124 Å². The predicted octanol–water partition coefficient (Wildman–Crippen LogP) is 1.27. The molecule has 2 N–H and O–H groups in total. The molecule has 0 bridgehead atoms. The third kappa shape index (κ3) is 2.46. The fourth-order valence-corrected chi connectivity index (χ4v) is 3.08. The van der Waals surface area contributed by atoms with Gasteiger partial charge in [0.15, 0.2) is 0 Å². The molecule has 0 unspecified atom stereocenters. The van der Waals surface area contributed by atoms with Crippen molar-refractivity contribution in [2.24, 2.45) is 0 Å². The quantitative estimate of drug-likeness (QED) is 0.759. The minimum absolute atomic E-state index is 0.0898. The number of aryl methyl sites for hydroxylation is 1. The molecule has 9 heteroatoms. The number of fused-ring (bicyclic) bond motifs is 1. The fraction of sp³-hybridized carbons (Fsp3) is 0.0769. The highest BCUT2D eigenvalue weighted by Crippen LogP contribution is 2.19. The Morgan fingerprint density at radius 2 is 2.09 bits per heavy atom. The molecule has 0 radical (unpaired) electrons. The summed E-state index contributed by atoms with van der Waals surface area (Å²) in [5.74, 6) is -0.421. The molecule has 114 valence electrons. The number of anilines is 1. The molecule has 0 fully saturated rings. The van der Waals surface area contributed by atoms with Crippen molar-refractivity contribution in [2.45, 2.75) is 11.8 Å². The smallest absolute Gasteiger partial charge is 0.288 e. The van der Waals surface area contributed by atoms with Gasteiger partial charge in [0.2, 0.25) is 0 Å². The highest BCUT2D eigenvalue weighted by atomic mass is 32.2. The molecular weight excluding hydrogens is 311 g/mol. The van der Waals surface area contributed by atoms with E-state index in [-0.39, 0.29) is 16.1 Å². The topological polar surface area (TPSA) is 96.3 Å². The first-order valence-electron chi connectivity index (χ1n) is 6.21. The first-order valence-corrected chi connectivity index (χ1v) is 7.69. The summed E-state index contributed by atoms with van der Waals surface area (Å²) in [4.78, 5) is 11.5. The SMILES string of the molecule is Cc1cc(NS(=O)(=O)c2cc3c(=O)[nH]ncn3c2)ccc1F. The number of nitrogens with one attached hydrogen (secondary N) is 2. The molecule has 0 saturated carbocycles. The molecule has 0 spiro atoms. The maximum absolute atomic E-state index is 13.2. The molecule has 0 aliphatic rings. The molecule has 0 amide bonds. The van der Waals surface area contributed by atoms with E-state index in [0.717, 1.165) is 0 Å². The number of hydrogen-bond acceptors (Lipinski definition) is 4. The summed E-state index contributed by atoms with van der Waals surface area (Å²) in [5, 5.41) is 5.80. The molecule has 7 nitrogen and oxygen atoms in total. The number of rotatable bonds is 3. The molecule has 2 aromatic heterocycles. The van der Waals surface area contributed by atoms with E-state index in [1.807, 2.05) is 0 Å². The van der Waals surface area contributed by atoms with Crippen molar-refractivity contribution in [3.8, 4) is 0 Å². The van der Waals surface area contributed by atoms with Gasteiger partial charge in [-0.2, -0.15) is 5.10 Å². The van der Waals surface area contributed by atoms with Crippen molar-refractivity contribution >= 4 is 21.2 Å². The van der Waals surface area contributed by atoms with Crippen LogP contribution in [-0.2, 0) is 10.0 Å². The van der Waals surface area contributed by atoms with Crippen LogP contribution in [0.1, 0.15) is 5.56 Å². The van der Waals surface area contributed by atoms with Crippen LogP contribution in [0.25, 0.3) is 5.52 Å². The third-order valence-corrected chi connectivity index (χ3v) is 4.47. The number of aromatic nitrogens is 3. The Morgan fingerprint density at radius 1 is 1.32 bits per heavy atom. The second kappa shape index (κ2) is 4.95. The molecule has 1 aromatic carbocycles. The molecule has 0 aliphatic carbocycles. The predicted molar refractivity (Wildman–Crippen MR) is 77.8 cm³/mol. The summed E-state index contributed by atoms with van der Waals surface area (Å²) in [7, 11) is -3.90. The maximum Gasteiger partial charge on any atom is 0.288 e. The average Bonchev–Trinajstić information content (AvgIpc) is 2.89. The van der Waals surface area contributed by atoms with E-state index < -0.39 is 21.4 Å². The van der Waals surface area contributed by atoms with Crippen molar-refractivity contribution in [2.75, 3.05) is 4.72 Å². The average molecular weight is 322 g/mol. The highest BCUT2D eigenvalue weighted by molar-refractivity contribution is 7.92. The summed E-state index contributed by atoms with van der Waals surface area (Å²) in [6.07, 6.45) is 2.56. The van der Waals surface area contributed by atoms with E-state index in [4.69, 9.17) is 0 Å². The normalized spacial score (nSPS) is 11.7. The number of halogens is 1. The second-order valence-corrected chi connectivity index (χ2v) is 6.41. The van der Waals surface area contributed by atoms with Crippen molar-refractivity contribution < 1.29 is 12.8 Å². The summed E-state index contributed by atoms with van der Waals surface area (Å²) in [6.45, 7) is 1.53. The monoisotopic (exact) mass is 322 g/mol. The van der Waals surface area contributed by atoms with Gasteiger partial charge in [-0.05, 0) is 36.8 Å². The lowest BCUT2D eigenvalue weighted by atomic mass is 10.2. The Kier molecular flexibility index (Phi) is 3.21. The van der Waals surface area contributed by atoms with E-state index in [1.165, 1.54) is 48.1 Å². The summed E-state index contributed by atoms with van der Waals surface area (Å²) >= 11 is 0. The van der Waals surface area contributed by atoms with E-state index in [1.54, 1.807) is 0 Å². The first-order chi connectivity index (χ1) is 10.4. The molecule has 3 aromatic rings. The van der Waals surface area contributed by atoms with E-state index in [2.05, 4.69) is 14.9 Å². The van der Waals surface area contributed by atoms with Crippen LogP contribution in [-0.4, -0.2) is 23.0 Å². The summed E-state index contributed by atoms with van der Waals surface area (Å²) in [5.41, 5.74) is 0.219. The standard InChI is InChI=1S/C13H11FN4O3S/c1-8-4-9(2-3-11(8)14)17-22(20,21)10-5-12-13(19)16-15-7-18(12)6-10/h2-7,17H,1H3,(H,16,19). The second-order valence-electron chi connectivity index (χ2n) is 4.72. The first kappa shape index (κ1) is 14.3. The van der Waals surface area contributed by atoms with Crippen LogP contribution in [0.4, 0.5) is 10.1 Å². The molecule has 3 rings (SSSR count). The van der Waals surface area contributed by atoms with Crippen LogP contribution < -0.4 is 10.3 Å². The summed E-state index contributed by atoms with van der Waals surface area (Å²) < 4.78 is 41.5. The Bertz CT molecular complexity index is 1020. The Hall–Kier alpha value is -2.68. The van der Waals surface area contributed by atoms with Crippen LogP contribution in [0.15, 0.2) is 46.5 Å². The zero-order chi connectivity index (χ0) is 15.9. The van der Waals surface area contributed by atoms with Gasteiger partial charge in [0, 0.05) is 11.9 Å². The van der Waals surface area contributed by atoms with Gasteiger partial charge in [0.25, 0.3) is 15.6 Å². The van der Waals surface area contributed by atoms with Gasteiger partial charge in [-0.3, -0.25) is 13.9 Å². The molecule has 0 aliphatic heterocycles. The van der Waals surface area contributed by atoms with E-state index >= 15 is 0 Å². The largest absolute Gasteiger partial charge is 0.300 e. The van der Waals surface area contributed by atoms with E-state index in [9.17, 15) is 17.6 Å². The Morgan fingerprint density at radius 3 is 2.77 bits per heavy atom. The highest BCUT2D eigenvalue weighted by Gasteiger charge is 2.18. The number of sulfonamides is 1. The van der Waals surface area contributed by atoms with Crippen LogP contribution >= 0.6 is 0 Å². The minimum Gasteiger partial charge on any atom is -0.300 e. The van der Waals surface area contributed by atoms with Gasteiger partial charge in [-0.15, -0.1) is 0 Å². The van der Waals surface area contributed by atoms with Crippen LogP contribution in [0.3, 0.4) is 0 Å². The zero-order valence-electron chi connectivity index (χ0n) is 11.4. The van der Waals surface area contributed by atoms with Crippen LogP contribution in [0.2, 0.25) is 0 Å². The van der Waals surface area contributed by atoms with Gasteiger partial charge in [0.1, 0.15) is 22.6 Å². The van der Waals surface area contributed by atoms with E-state index in [0.29, 0.717) is 5.56 Å². The van der Waals surface area contributed by atoms with Gasteiger partial charge in [-0.1, -0.05) is 0 Å². The number of H-pyrrole nitrogens is 1. The molecule has 0 atom stereocenters. The Balaban J connectivity index is 2.02. The van der Waals surface area contributed by atoms with Crippen molar-refractivity contribution in [1.29, 1.82) is 0 Å². The summed E-state index contributed by atoms with van der Waals surface area (Å²) in [6, 6.07) is 5.12. The lowest BCUT2D eigenvalue weighted by Crippen LogP contribution is -2.12. The number of aromatic amines is 1. The molecule has 2 heterocycles.